The summed E-state index contributed by atoms with van der Waals surface area (Å²) in [5.74, 6) is -0.879. The van der Waals surface area contributed by atoms with Gasteiger partial charge in [-0.3, -0.25) is 0 Å². The smallest absolute Gasteiger partial charge is 0.335 e. The van der Waals surface area contributed by atoms with E-state index in [4.69, 9.17) is 15.3 Å². The maximum Gasteiger partial charge on any atom is 0.335 e. The molecule has 108 valence electrons. The Balaban J connectivity index is 0.000000342. The number of hydrogen-bond donors (Lipinski definition) is 3. The Morgan fingerprint density at radius 2 is 1.21 bits per heavy atom. The Bertz CT molecular complexity index is 303. The normalized spacial score (nSPS) is 9.58. The molecule has 0 aromatic heterocycles. The van der Waals surface area contributed by atoms with Gasteiger partial charge >= 0.3 is 5.97 Å². The van der Waals surface area contributed by atoms with Crippen LogP contribution in [0.5, 0.6) is 0 Å². The molecule has 4 nitrogen and oxygen atoms in total. The van der Waals surface area contributed by atoms with E-state index in [0.717, 1.165) is 25.7 Å². The molecular formula is C15H24O4. The summed E-state index contributed by atoms with van der Waals surface area (Å²) in [7, 11) is 0. The van der Waals surface area contributed by atoms with Crippen molar-refractivity contribution in [2.45, 2.75) is 38.5 Å². The lowest BCUT2D eigenvalue weighted by atomic mass is 10.1. The number of rotatable bonds is 8. The molecule has 0 unspecified atom stereocenters. The first kappa shape index (κ1) is 17.6. The van der Waals surface area contributed by atoms with Crippen molar-refractivity contribution < 1.29 is 20.1 Å². The van der Waals surface area contributed by atoms with Gasteiger partial charge in [-0.25, -0.2) is 4.79 Å². The number of carboxylic acids is 1. The largest absolute Gasteiger partial charge is 0.478 e. The molecule has 0 spiro atoms. The quantitative estimate of drug-likeness (QED) is 0.633. The standard InChI is InChI=1S/C8H18O2.C7H6O2/c9-7-5-3-1-2-4-6-8-10;8-7(9)6-4-2-1-3-5-6/h9-10H,1-8H2;1-5H,(H,8,9). The Morgan fingerprint density at radius 3 is 1.53 bits per heavy atom. The monoisotopic (exact) mass is 268 g/mol. The lowest BCUT2D eigenvalue weighted by Gasteiger charge is -1.97. The number of aliphatic hydroxyl groups excluding tert-OH is 2. The molecule has 0 radical (unpaired) electrons. The second-order valence-corrected chi connectivity index (χ2v) is 4.24. The summed E-state index contributed by atoms with van der Waals surface area (Å²) in [6.07, 6.45) is 6.50. The van der Waals surface area contributed by atoms with Crippen LogP contribution in [-0.2, 0) is 0 Å². The van der Waals surface area contributed by atoms with Gasteiger partial charge in [-0.05, 0) is 25.0 Å². The predicted octanol–water partition coefficient (Wildman–Crippen LogP) is 2.70. The van der Waals surface area contributed by atoms with E-state index in [2.05, 4.69) is 0 Å². The molecule has 0 atom stereocenters. The predicted molar refractivity (Wildman–Crippen MR) is 75.3 cm³/mol. The minimum absolute atomic E-state index is 0.319. The summed E-state index contributed by atoms with van der Waals surface area (Å²) >= 11 is 0. The van der Waals surface area contributed by atoms with Crippen molar-refractivity contribution in [3.63, 3.8) is 0 Å². The Labute approximate surface area is 114 Å². The Hall–Kier alpha value is -1.39. The van der Waals surface area contributed by atoms with Gasteiger partial charge in [-0.1, -0.05) is 43.9 Å². The summed E-state index contributed by atoms with van der Waals surface area (Å²) in [5.41, 5.74) is 0.331. The SMILES string of the molecule is O=C(O)c1ccccc1.OCCCCCCCCO. The molecular weight excluding hydrogens is 244 g/mol. The van der Waals surface area contributed by atoms with Gasteiger partial charge in [0, 0.05) is 13.2 Å². The van der Waals surface area contributed by atoms with Crippen LogP contribution >= 0.6 is 0 Å². The fourth-order valence-electron chi connectivity index (χ4n) is 1.51. The van der Waals surface area contributed by atoms with Crippen molar-refractivity contribution in [1.29, 1.82) is 0 Å². The molecule has 0 fully saturated rings. The van der Waals surface area contributed by atoms with Gasteiger partial charge < -0.3 is 15.3 Å². The van der Waals surface area contributed by atoms with Crippen molar-refractivity contribution in [3.05, 3.63) is 35.9 Å². The van der Waals surface area contributed by atoms with Crippen LogP contribution in [0.25, 0.3) is 0 Å². The zero-order valence-corrected chi connectivity index (χ0v) is 11.3. The van der Waals surface area contributed by atoms with Crippen molar-refractivity contribution in [1.82, 2.24) is 0 Å². The highest BCUT2D eigenvalue weighted by molar-refractivity contribution is 5.87. The second-order valence-electron chi connectivity index (χ2n) is 4.24. The minimum atomic E-state index is -0.879. The molecule has 19 heavy (non-hydrogen) atoms. The Morgan fingerprint density at radius 1 is 0.789 bits per heavy atom. The van der Waals surface area contributed by atoms with Crippen molar-refractivity contribution in [3.8, 4) is 0 Å². The first-order chi connectivity index (χ1) is 9.22. The molecule has 0 aliphatic heterocycles. The van der Waals surface area contributed by atoms with Crippen LogP contribution in [-0.4, -0.2) is 34.5 Å². The summed E-state index contributed by atoms with van der Waals surface area (Å²) < 4.78 is 0. The van der Waals surface area contributed by atoms with Crippen molar-refractivity contribution in [2.24, 2.45) is 0 Å². The first-order valence-electron chi connectivity index (χ1n) is 6.72. The molecule has 0 amide bonds. The fraction of sp³-hybridized carbons (Fsp3) is 0.533. The zero-order chi connectivity index (χ0) is 14.3. The summed E-state index contributed by atoms with van der Waals surface area (Å²) in [6, 6.07) is 8.30. The molecule has 1 aromatic carbocycles. The van der Waals surface area contributed by atoms with Crippen LogP contribution in [0.3, 0.4) is 0 Å². The highest BCUT2D eigenvalue weighted by atomic mass is 16.4. The van der Waals surface area contributed by atoms with Crippen molar-refractivity contribution >= 4 is 5.97 Å². The molecule has 0 saturated heterocycles. The van der Waals surface area contributed by atoms with Gasteiger partial charge in [-0.15, -0.1) is 0 Å². The summed E-state index contributed by atoms with van der Waals surface area (Å²) in [5, 5.41) is 25.2. The van der Waals surface area contributed by atoms with Gasteiger partial charge in [0.15, 0.2) is 0 Å². The maximum atomic E-state index is 10.2. The van der Waals surface area contributed by atoms with Gasteiger partial charge in [0.1, 0.15) is 0 Å². The van der Waals surface area contributed by atoms with Crippen LogP contribution < -0.4 is 0 Å². The van der Waals surface area contributed by atoms with Gasteiger partial charge in [0.25, 0.3) is 0 Å². The van der Waals surface area contributed by atoms with E-state index in [1.807, 2.05) is 0 Å². The van der Waals surface area contributed by atoms with E-state index in [0.29, 0.717) is 18.8 Å². The van der Waals surface area contributed by atoms with Gasteiger partial charge in [0.2, 0.25) is 0 Å². The topological polar surface area (TPSA) is 77.8 Å². The van der Waals surface area contributed by atoms with E-state index < -0.39 is 5.97 Å². The Kier molecular flexibility index (Phi) is 12.1. The van der Waals surface area contributed by atoms with Crippen molar-refractivity contribution in [2.75, 3.05) is 13.2 Å². The third-order valence-corrected chi connectivity index (χ3v) is 2.59. The van der Waals surface area contributed by atoms with Crippen LogP contribution in [0.1, 0.15) is 48.9 Å². The number of unbranched alkanes of at least 4 members (excludes halogenated alkanes) is 5. The number of benzene rings is 1. The number of aliphatic hydroxyl groups is 2. The van der Waals surface area contributed by atoms with Crippen LogP contribution in [0.2, 0.25) is 0 Å². The zero-order valence-electron chi connectivity index (χ0n) is 11.3. The molecule has 0 saturated carbocycles. The molecule has 0 aliphatic carbocycles. The third-order valence-electron chi connectivity index (χ3n) is 2.59. The maximum absolute atomic E-state index is 10.2. The lowest BCUT2D eigenvalue weighted by molar-refractivity contribution is 0.0697. The van der Waals surface area contributed by atoms with E-state index in [9.17, 15) is 4.79 Å². The van der Waals surface area contributed by atoms with Gasteiger partial charge in [-0.2, -0.15) is 0 Å². The molecule has 0 aliphatic rings. The third kappa shape index (κ3) is 11.4. The average Bonchev–Trinajstić information content (AvgIpc) is 2.44. The second kappa shape index (κ2) is 13.1. The van der Waals surface area contributed by atoms with Crippen LogP contribution in [0, 0.1) is 0 Å². The number of hydrogen-bond acceptors (Lipinski definition) is 3. The molecule has 1 aromatic rings. The van der Waals surface area contributed by atoms with Crippen LogP contribution in [0.15, 0.2) is 30.3 Å². The van der Waals surface area contributed by atoms with E-state index in [1.54, 1.807) is 30.3 Å². The molecule has 1 rings (SSSR count). The van der Waals surface area contributed by atoms with E-state index in [-0.39, 0.29) is 0 Å². The minimum Gasteiger partial charge on any atom is -0.478 e. The number of carbonyl (C=O) groups is 1. The lowest BCUT2D eigenvalue weighted by Crippen LogP contribution is -1.93. The highest BCUT2D eigenvalue weighted by Crippen LogP contribution is 2.03. The molecule has 0 bridgehead atoms. The number of carboxylic acid groups (broad SMARTS) is 1. The summed E-state index contributed by atoms with van der Waals surface area (Å²) in [4.78, 5) is 10.2. The van der Waals surface area contributed by atoms with E-state index in [1.165, 1.54) is 12.8 Å². The number of aromatic carboxylic acids is 1. The highest BCUT2D eigenvalue weighted by Gasteiger charge is 1.96. The summed E-state index contributed by atoms with van der Waals surface area (Å²) in [6.45, 7) is 0.639. The average molecular weight is 268 g/mol. The van der Waals surface area contributed by atoms with Crippen LogP contribution in [0.4, 0.5) is 0 Å². The fourth-order valence-corrected chi connectivity index (χ4v) is 1.51. The van der Waals surface area contributed by atoms with Gasteiger partial charge in [0.05, 0.1) is 5.56 Å². The first-order valence-corrected chi connectivity index (χ1v) is 6.72. The van der Waals surface area contributed by atoms with E-state index >= 15 is 0 Å². The molecule has 4 heteroatoms. The molecule has 0 heterocycles. The molecule has 3 N–H and O–H groups in total.